The first-order chi connectivity index (χ1) is 11.7. The van der Waals surface area contributed by atoms with Gasteiger partial charge in [-0.25, -0.2) is 0 Å². The van der Waals surface area contributed by atoms with Gasteiger partial charge in [-0.2, -0.15) is 0 Å². The fourth-order valence-corrected chi connectivity index (χ4v) is 3.33. The summed E-state index contributed by atoms with van der Waals surface area (Å²) in [7, 11) is 0. The summed E-state index contributed by atoms with van der Waals surface area (Å²) in [4.78, 5) is 11.4. The zero-order valence-electron chi connectivity index (χ0n) is 16.4. The lowest BCUT2D eigenvalue weighted by Crippen LogP contribution is -2.21. The summed E-state index contributed by atoms with van der Waals surface area (Å²) < 4.78 is 0. The molecule has 0 rings (SSSR count). The summed E-state index contributed by atoms with van der Waals surface area (Å²) in [5, 5.41) is 9.79. The Labute approximate surface area is 151 Å². The van der Waals surface area contributed by atoms with Gasteiger partial charge in [0.05, 0.1) is 0 Å². The van der Waals surface area contributed by atoms with Crippen LogP contribution in [0.25, 0.3) is 0 Å². The molecule has 0 bridgehead atoms. The molecule has 0 spiro atoms. The number of rotatable bonds is 18. The van der Waals surface area contributed by atoms with E-state index in [2.05, 4.69) is 20.4 Å². The van der Waals surface area contributed by atoms with Gasteiger partial charge >= 0.3 is 0 Å². The van der Waals surface area contributed by atoms with Gasteiger partial charge in [-0.15, -0.1) is 0 Å². The minimum atomic E-state index is -0.843. The molecule has 2 nitrogen and oxygen atoms in total. The van der Waals surface area contributed by atoms with Crippen LogP contribution in [0.2, 0.25) is 0 Å². The minimum absolute atomic E-state index is 0.233. The number of aliphatic hydroxyl groups excluding tert-OH is 1. The van der Waals surface area contributed by atoms with E-state index >= 15 is 0 Å². The Morgan fingerprint density at radius 1 is 0.875 bits per heavy atom. The standard InChI is InChI=1S/C22H42O2/c1-4-7-8-9-10-11-12-13-14-15-16-17-18-20(5-2)19-22(24)21(23)6-3/h6,20,22,24H,3-5,7-19H2,1-2H3. The topological polar surface area (TPSA) is 37.3 Å². The third-order valence-corrected chi connectivity index (χ3v) is 5.13. The van der Waals surface area contributed by atoms with E-state index in [1.54, 1.807) is 0 Å². The second-order valence-corrected chi connectivity index (χ2v) is 7.31. The maximum atomic E-state index is 11.4. The maximum absolute atomic E-state index is 11.4. The van der Waals surface area contributed by atoms with Crippen molar-refractivity contribution < 1.29 is 9.90 Å². The van der Waals surface area contributed by atoms with Gasteiger partial charge in [-0.05, 0) is 18.4 Å². The summed E-state index contributed by atoms with van der Waals surface area (Å²) in [6, 6.07) is 0. The summed E-state index contributed by atoms with van der Waals surface area (Å²) in [5.74, 6) is 0.232. The Morgan fingerprint density at radius 2 is 1.33 bits per heavy atom. The molecule has 0 aromatic heterocycles. The van der Waals surface area contributed by atoms with E-state index in [1.807, 2.05) is 0 Å². The molecule has 1 N–H and O–H groups in total. The van der Waals surface area contributed by atoms with Crippen LogP contribution >= 0.6 is 0 Å². The van der Waals surface area contributed by atoms with Gasteiger partial charge in [-0.1, -0.05) is 110 Å². The zero-order valence-corrected chi connectivity index (χ0v) is 16.4. The number of hydrogen-bond donors (Lipinski definition) is 1. The number of carbonyl (C=O) groups is 1. The van der Waals surface area contributed by atoms with Crippen molar-refractivity contribution in [1.29, 1.82) is 0 Å². The molecule has 2 unspecified atom stereocenters. The van der Waals surface area contributed by atoms with Gasteiger partial charge in [0.1, 0.15) is 6.10 Å². The molecule has 0 fully saturated rings. The highest BCUT2D eigenvalue weighted by Crippen LogP contribution is 2.20. The maximum Gasteiger partial charge on any atom is 0.183 e. The molecule has 2 heteroatoms. The molecule has 142 valence electrons. The van der Waals surface area contributed by atoms with Gasteiger partial charge in [0.2, 0.25) is 0 Å². The van der Waals surface area contributed by atoms with Crippen molar-refractivity contribution in [3.8, 4) is 0 Å². The zero-order chi connectivity index (χ0) is 18.0. The van der Waals surface area contributed by atoms with Crippen molar-refractivity contribution >= 4 is 5.78 Å². The summed E-state index contributed by atoms with van der Waals surface area (Å²) in [6.07, 6.45) is 19.6. The van der Waals surface area contributed by atoms with Gasteiger partial charge in [-0.3, -0.25) is 4.79 Å². The average molecular weight is 339 g/mol. The van der Waals surface area contributed by atoms with Crippen LogP contribution < -0.4 is 0 Å². The van der Waals surface area contributed by atoms with Gasteiger partial charge in [0.15, 0.2) is 5.78 Å². The quantitative estimate of drug-likeness (QED) is 0.225. The molecule has 0 radical (unpaired) electrons. The Bertz CT molecular complexity index is 298. The first-order valence-corrected chi connectivity index (χ1v) is 10.5. The van der Waals surface area contributed by atoms with Gasteiger partial charge in [0, 0.05) is 0 Å². The van der Waals surface area contributed by atoms with E-state index in [1.165, 1.54) is 83.1 Å². The van der Waals surface area contributed by atoms with E-state index in [0.717, 1.165) is 12.8 Å². The fraction of sp³-hybridized carbons (Fsp3) is 0.864. The van der Waals surface area contributed by atoms with Crippen LogP contribution in [0.4, 0.5) is 0 Å². The molecule has 0 heterocycles. The number of unbranched alkanes of at least 4 members (excludes halogenated alkanes) is 11. The van der Waals surface area contributed by atoms with Crippen molar-refractivity contribution in [2.24, 2.45) is 5.92 Å². The summed E-state index contributed by atoms with van der Waals surface area (Å²) >= 11 is 0. The molecular formula is C22H42O2. The van der Waals surface area contributed by atoms with Crippen LogP contribution in [0.3, 0.4) is 0 Å². The van der Waals surface area contributed by atoms with Crippen molar-refractivity contribution in [3.05, 3.63) is 12.7 Å². The van der Waals surface area contributed by atoms with Crippen molar-refractivity contribution in [3.63, 3.8) is 0 Å². The van der Waals surface area contributed by atoms with Gasteiger partial charge < -0.3 is 5.11 Å². The smallest absolute Gasteiger partial charge is 0.183 e. The molecule has 24 heavy (non-hydrogen) atoms. The fourth-order valence-electron chi connectivity index (χ4n) is 3.33. The lowest BCUT2D eigenvalue weighted by Gasteiger charge is -2.17. The highest BCUT2D eigenvalue weighted by atomic mass is 16.3. The van der Waals surface area contributed by atoms with E-state index in [4.69, 9.17) is 0 Å². The molecule has 0 saturated heterocycles. The van der Waals surface area contributed by atoms with Gasteiger partial charge in [0.25, 0.3) is 0 Å². The Hall–Kier alpha value is -0.630. The third kappa shape index (κ3) is 13.8. The van der Waals surface area contributed by atoms with Crippen LogP contribution in [0.5, 0.6) is 0 Å². The van der Waals surface area contributed by atoms with E-state index < -0.39 is 6.10 Å². The molecule has 0 aromatic carbocycles. The Kier molecular flexibility index (Phi) is 16.7. The Morgan fingerprint density at radius 3 is 1.75 bits per heavy atom. The third-order valence-electron chi connectivity index (χ3n) is 5.13. The largest absolute Gasteiger partial charge is 0.385 e. The number of hydrogen-bond acceptors (Lipinski definition) is 2. The first kappa shape index (κ1) is 23.4. The molecule has 0 saturated carbocycles. The second kappa shape index (κ2) is 17.2. The number of ketones is 1. The van der Waals surface area contributed by atoms with Crippen molar-refractivity contribution in [2.75, 3.05) is 0 Å². The lowest BCUT2D eigenvalue weighted by molar-refractivity contribution is -0.123. The predicted molar refractivity (Wildman–Crippen MR) is 105 cm³/mol. The lowest BCUT2D eigenvalue weighted by atomic mass is 9.91. The van der Waals surface area contributed by atoms with Crippen LogP contribution in [-0.4, -0.2) is 17.0 Å². The molecular weight excluding hydrogens is 296 g/mol. The van der Waals surface area contributed by atoms with Crippen LogP contribution in [-0.2, 0) is 4.79 Å². The normalized spacial score (nSPS) is 13.6. The van der Waals surface area contributed by atoms with E-state index in [9.17, 15) is 9.90 Å². The van der Waals surface area contributed by atoms with Crippen LogP contribution in [0, 0.1) is 5.92 Å². The number of aliphatic hydroxyl groups is 1. The molecule has 0 aliphatic rings. The molecule has 0 aliphatic carbocycles. The highest BCUT2D eigenvalue weighted by Gasteiger charge is 2.17. The monoisotopic (exact) mass is 338 g/mol. The van der Waals surface area contributed by atoms with Crippen LogP contribution in [0.1, 0.15) is 110 Å². The van der Waals surface area contributed by atoms with Crippen molar-refractivity contribution in [2.45, 2.75) is 116 Å². The first-order valence-electron chi connectivity index (χ1n) is 10.5. The predicted octanol–water partition coefficient (Wildman–Crippen LogP) is 6.61. The van der Waals surface area contributed by atoms with E-state index in [0.29, 0.717) is 12.3 Å². The SMILES string of the molecule is C=CC(=O)C(O)CC(CC)CCCCCCCCCCCCCC. The molecule has 0 aromatic rings. The van der Waals surface area contributed by atoms with Crippen LogP contribution in [0.15, 0.2) is 12.7 Å². The highest BCUT2D eigenvalue weighted by molar-refractivity contribution is 5.92. The second-order valence-electron chi connectivity index (χ2n) is 7.31. The summed E-state index contributed by atoms with van der Waals surface area (Å²) in [5.41, 5.74) is 0. The Balaban J connectivity index is 3.44. The molecule has 0 amide bonds. The molecule has 0 aliphatic heterocycles. The molecule has 2 atom stereocenters. The minimum Gasteiger partial charge on any atom is -0.385 e. The number of carbonyl (C=O) groups excluding carboxylic acids is 1. The van der Waals surface area contributed by atoms with Crippen molar-refractivity contribution in [1.82, 2.24) is 0 Å². The van der Waals surface area contributed by atoms with E-state index in [-0.39, 0.29) is 5.78 Å². The average Bonchev–Trinajstić information content (AvgIpc) is 2.60. The summed E-state index contributed by atoms with van der Waals surface area (Å²) in [6.45, 7) is 7.86.